The predicted octanol–water partition coefficient (Wildman–Crippen LogP) is 2.43. The Kier molecular flexibility index (Phi) is 4.40. The number of halogens is 1. The molecule has 4 nitrogen and oxygen atoms in total. The van der Waals surface area contributed by atoms with Gasteiger partial charge in [-0.2, -0.15) is 0 Å². The Bertz CT molecular complexity index is 400. The van der Waals surface area contributed by atoms with Crippen molar-refractivity contribution in [1.82, 2.24) is 9.97 Å². The molecule has 0 amide bonds. The number of nitrogens with zero attached hydrogens (tertiary/aromatic N) is 3. The minimum Gasteiger partial charge on any atom is -0.356 e. The van der Waals surface area contributed by atoms with Crippen LogP contribution in [0.2, 0.25) is 5.28 Å². The highest BCUT2D eigenvalue weighted by Crippen LogP contribution is 2.24. The molecule has 0 atom stereocenters. The summed E-state index contributed by atoms with van der Waals surface area (Å²) in [6.45, 7) is 7.03. The molecule has 1 aliphatic heterocycles. The lowest BCUT2D eigenvalue weighted by atomic mass is 9.97. The molecule has 1 saturated heterocycles. The van der Waals surface area contributed by atoms with Gasteiger partial charge >= 0.3 is 0 Å². The molecule has 1 aromatic heterocycles. The zero-order valence-electron chi connectivity index (χ0n) is 11.1. The molecular formula is C13H21ClN4. The Hall–Kier alpha value is -0.870. The molecule has 0 saturated carbocycles. The van der Waals surface area contributed by atoms with Crippen molar-refractivity contribution in [1.29, 1.82) is 0 Å². The van der Waals surface area contributed by atoms with E-state index in [1.54, 1.807) is 0 Å². The van der Waals surface area contributed by atoms with Crippen LogP contribution in [0.1, 0.15) is 38.3 Å². The summed E-state index contributed by atoms with van der Waals surface area (Å²) < 4.78 is 0. The minimum absolute atomic E-state index is 0.345. The zero-order valence-corrected chi connectivity index (χ0v) is 11.8. The minimum atomic E-state index is 0.345. The quantitative estimate of drug-likeness (QED) is 0.856. The van der Waals surface area contributed by atoms with Gasteiger partial charge in [0.05, 0.1) is 5.69 Å². The van der Waals surface area contributed by atoms with Gasteiger partial charge in [-0.3, -0.25) is 0 Å². The highest BCUT2D eigenvalue weighted by Gasteiger charge is 2.20. The van der Waals surface area contributed by atoms with Crippen LogP contribution in [0.15, 0.2) is 6.07 Å². The maximum atomic E-state index is 6.00. The van der Waals surface area contributed by atoms with Crippen LogP contribution in [0.3, 0.4) is 0 Å². The number of nitrogens with two attached hydrogens (primary N) is 1. The van der Waals surface area contributed by atoms with E-state index in [1.807, 2.05) is 0 Å². The predicted molar refractivity (Wildman–Crippen MR) is 75.1 cm³/mol. The van der Waals surface area contributed by atoms with E-state index in [0.29, 0.717) is 17.1 Å². The zero-order chi connectivity index (χ0) is 13.1. The molecule has 0 radical (unpaired) electrons. The average Bonchev–Trinajstić information content (AvgIpc) is 2.38. The van der Waals surface area contributed by atoms with Crippen molar-refractivity contribution >= 4 is 17.4 Å². The summed E-state index contributed by atoms with van der Waals surface area (Å²) in [7, 11) is 0. The first-order valence-corrected chi connectivity index (χ1v) is 6.97. The number of aromatic nitrogens is 2. The van der Waals surface area contributed by atoms with Gasteiger partial charge in [-0.25, -0.2) is 9.97 Å². The molecular weight excluding hydrogens is 248 g/mol. The van der Waals surface area contributed by atoms with Crippen molar-refractivity contribution in [3.05, 3.63) is 17.0 Å². The van der Waals surface area contributed by atoms with E-state index in [2.05, 4.69) is 34.8 Å². The third-order valence-corrected chi connectivity index (χ3v) is 3.74. The summed E-state index contributed by atoms with van der Waals surface area (Å²) in [6.07, 6.45) is 2.27. The molecule has 0 aromatic carbocycles. The van der Waals surface area contributed by atoms with Crippen LogP contribution < -0.4 is 10.6 Å². The van der Waals surface area contributed by atoms with Gasteiger partial charge in [0, 0.05) is 19.2 Å². The summed E-state index contributed by atoms with van der Waals surface area (Å²) in [5.74, 6) is 1.98. The lowest BCUT2D eigenvalue weighted by molar-refractivity contribution is 0.413. The van der Waals surface area contributed by atoms with E-state index >= 15 is 0 Å². The van der Waals surface area contributed by atoms with Crippen LogP contribution in [0.4, 0.5) is 5.82 Å². The first-order chi connectivity index (χ1) is 8.60. The Balaban J connectivity index is 2.13. The second-order valence-electron chi connectivity index (χ2n) is 5.24. The van der Waals surface area contributed by atoms with Crippen molar-refractivity contribution in [3.63, 3.8) is 0 Å². The molecule has 1 aromatic rings. The van der Waals surface area contributed by atoms with Gasteiger partial charge in [-0.1, -0.05) is 13.8 Å². The molecule has 0 aliphatic carbocycles. The second kappa shape index (κ2) is 5.85. The lowest BCUT2D eigenvalue weighted by Crippen LogP contribution is -2.36. The highest BCUT2D eigenvalue weighted by molar-refractivity contribution is 6.28. The molecule has 0 bridgehead atoms. The number of hydrogen-bond donors (Lipinski definition) is 1. The Morgan fingerprint density at radius 1 is 1.39 bits per heavy atom. The summed E-state index contributed by atoms with van der Waals surface area (Å²) in [5.41, 5.74) is 6.72. The summed E-state index contributed by atoms with van der Waals surface area (Å²) in [6, 6.07) is 2.05. The van der Waals surface area contributed by atoms with Gasteiger partial charge in [-0.05, 0) is 42.8 Å². The van der Waals surface area contributed by atoms with Crippen LogP contribution in [0.5, 0.6) is 0 Å². The van der Waals surface area contributed by atoms with Gasteiger partial charge in [0.2, 0.25) is 5.28 Å². The Labute approximate surface area is 114 Å². The van der Waals surface area contributed by atoms with Crippen molar-refractivity contribution in [2.45, 2.75) is 32.6 Å². The average molecular weight is 269 g/mol. The normalized spacial score (nSPS) is 17.5. The number of rotatable bonds is 3. The maximum absolute atomic E-state index is 6.00. The number of anilines is 1. The van der Waals surface area contributed by atoms with E-state index in [1.165, 1.54) is 0 Å². The molecule has 2 N–H and O–H groups in total. The molecule has 2 heterocycles. The van der Waals surface area contributed by atoms with E-state index in [9.17, 15) is 0 Å². The molecule has 0 unspecified atom stereocenters. The van der Waals surface area contributed by atoms with Crippen molar-refractivity contribution in [3.8, 4) is 0 Å². The maximum Gasteiger partial charge on any atom is 0.224 e. The highest BCUT2D eigenvalue weighted by atomic mass is 35.5. The Morgan fingerprint density at radius 3 is 2.61 bits per heavy atom. The molecule has 1 fully saturated rings. The molecule has 100 valence electrons. The van der Waals surface area contributed by atoms with Crippen LogP contribution in [0, 0.1) is 5.92 Å². The van der Waals surface area contributed by atoms with Crippen LogP contribution in [-0.4, -0.2) is 29.6 Å². The largest absolute Gasteiger partial charge is 0.356 e. The van der Waals surface area contributed by atoms with Crippen LogP contribution >= 0.6 is 11.6 Å². The lowest BCUT2D eigenvalue weighted by Gasteiger charge is -2.32. The third-order valence-electron chi connectivity index (χ3n) is 3.57. The molecule has 1 aliphatic rings. The molecule has 0 spiro atoms. The fourth-order valence-electron chi connectivity index (χ4n) is 2.28. The monoisotopic (exact) mass is 268 g/mol. The van der Waals surface area contributed by atoms with Crippen molar-refractivity contribution < 1.29 is 0 Å². The van der Waals surface area contributed by atoms with Crippen LogP contribution in [0.25, 0.3) is 0 Å². The fourth-order valence-corrected chi connectivity index (χ4v) is 2.46. The fraction of sp³-hybridized carbons (Fsp3) is 0.692. The van der Waals surface area contributed by atoms with Gasteiger partial charge in [0.15, 0.2) is 0 Å². The summed E-state index contributed by atoms with van der Waals surface area (Å²) in [4.78, 5) is 10.9. The third kappa shape index (κ3) is 3.12. The van der Waals surface area contributed by atoms with E-state index in [-0.39, 0.29) is 0 Å². The number of piperidine rings is 1. The standard InChI is InChI=1S/C13H21ClN4/c1-9(2)11-7-12(17-13(14)16-11)18-5-3-10(8-15)4-6-18/h7,9-10H,3-6,8,15H2,1-2H3. The van der Waals surface area contributed by atoms with E-state index in [0.717, 1.165) is 44.0 Å². The Morgan fingerprint density at radius 2 is 2.06 bits per heavy atom. The second-order valence-corrected chi connectivity index (χ2v) is 5.58. The van der Waals surface area contributed by atoms with Gasteiger partial charge in [-0.15, -0.1) is 0 Å². The van der Waals surface area contributed by atoms with Crippen LogP contribution in [-0.2, 0) is 0 Å². The SMILES string of the molecule is CC(C)c1cc(N2CCC(CN)CC2)nc(Cl)n1. The summed E-state index contributed by atoms with van der Waals surface area (Å²) in [5, 5.41) is 0.345. The molecule has 18 heavy (non-hydrogen) atoms. The first kappa shape index (κ1) is 13.6. The molecule has 2 rings (SSSR count). The van der Waals surface area contributed by atoms with E-state index in [4.69, 9.17) is 17.3 Å². The van der Waals surface area contributed by atoms with Gasteiger partial charge in [0.1, 0.15) is 5.82 Å². The van der Waals surface area contributed by atoms with Crippen molar-refractivity contribution in [2.24, 2.45) is 11.7 Å². The van der Waals surface area contributed by atoms with E-state index < -0.39 is 0 Å². The molecule has 5 heteroatoms. The topological polar surface area (TPSA) is 55.0 Å². The first-order valence-electron chi connectivity index (χ1n) is 6.59. The number of hydrogen-bond acceptors (Lipinski definition) is 4. The van der Waals surface area contributed by atoms with Crippen molar-refractivity contribution in [2.75, 3.05) is 24.5 Å². The van der Waals surface area contributed by atoms with Gasteiger partial charge < -0.3 is 10.6 Å². The smallest absolute Gasteiger partial charge is 0.224 e. The summed E-state index contributed by atoms with van der Waals surface area (Å²) >= 11 is 6.00. The van der Waals surface area contributed by atoms with Gasteiger partial charge in [0.25, 0.3) is 0 Å².